The van der Waals surface area contributed by atoms with E-state index >= 15 is 0 Å². The molecule has 0 atom stereocenters. The van der Waals surface area contributed by atoms with Crippen LogP contribution in [0.3, 0.4) is 0 Å². The van der Waals surface area contributed by atoms with Crippen molar-refractivity contribution in [3.8, 4) is 0 Å². The van der Waals surface area contributed by atoms with Crippen LogP contribution in [0, 0.1) is 0 Å². The van der Waals surface area contributed by atoms with Crippen LogP contribution in [0.15, 0.2) is 0 Å². The summed E-state index contributed by atoms with van der Waals surface area (Å²) in [6.45, 7) is 3.58. The third-order valence-electron chi connectivity index (χ3n) is 1.61. The van der Waals surface area contributed by atoms with E-state index in [1.54, 1.807) is 0 Å². The Morgan fingerprint density at radius 3 is 2.10 bits per heavy atom. The van der Waals surface area contributed by atoms with Crippen LogP contribution in [-0.2, 0) is 0 Å². The zero-order valence-corrected chi connectivity index (χ0v) is 6.16. The predicted octanol–water partition coefficient (Wildman–Crippen LogP) is -0.591. The molecule has 0 aromatic rings. The fourth-order valence-electron chi connectivity index (χ4n) is 1.15. The lowest BCUT2D eigenvalue weighted by molar-refractivity contribution is 0.221. The van der Waals surface area contributed by atoms with Gasteiger partial charge >= 0.3 is 0 Å². The van der Waals surface area contributed by atoms with E-state index in [9.17, 15) is 0 Å². The molecule has 4 N–H and O–H groups in total. The Bertz CT molecular complexity index is 64.8. The van der Waals surface area contributed by atoms with E-state index in [1.165, 1.54) is 25.9 Å². The minimum absolute atomic E-state index is 0.319. The Labute approximate surface area is 61.2 Å². The van der Waals surface area contributed by atoms with Gasteiger partial charge in [-0.15, -0.1) is 0 Å². The van der Waals surface area contributed by atoms with Gasteiger partial charge in [-0.25, -0.2) is 5.90 Å². The van der Waals surface area contributed by atoms with Crippen molar-refractivity contribution < 1.29 is 10.3 Å². The molecule has 0 radical (unpaired) electrons. The zero-order chi connectivity index (χ0) is 7.82. The summed E-state index contributed by atoms with van der Waals surface area (Å²) in [5, 5.41) is 15.0. The second kappa shape index (κ2) is 6.95. The van der Waals surface area contributed by atoms with E-state index in [1.807, 2.05) is 0 Å². The van der Waals surface area contributed by atoms with Gasteiger partial charge in [0.25, 0.3) is 0 Å². The number of aliphatic hydroxyl groups is 1. The molecular formula is C6H16N2O2. The summed E-state index contributed by atoms with van der Waals surface area (Å²) in [4.78, 5) is 2.29. The molecule has 4 heteroatoms. The maximum absolute atomic E-state index is 8.48. The van der Waals surface area contributed by atoms with E-state index in [0.29, 0.717) is 6.61 Å². The van der Waals surface area contributed by atoms with Gasteiger partial charge in [0.15, 0.2) is 0 Å². The van der Waals surface area contributed by atoms with Crippen LogP contribution < -0.4 is 5.90 Å². The fraction of sp³-hybridized carbons (Fsp3) is 1.00. The Balaban J connectivity index is 0.000000371. The van der Waals surface area contributed by atoms with Crippen molar-refractivity contribution in [2.24, 2.45) is 5.90 Å². The monoisotopic (exact) mass is 148 g/mol. The molecular weight excluding hydrogens is 132 g/mol. The summed E-state index contributed by atoms with van der Waals surface area (Å²) in [6, 6.07) is 0. The summed E-state index contributed by atoms with van der Waals surface area (Å²) in [7, 11) is 0. The highest BCUT2D eigenvalue weighted by atomic mass is 16.4. The van der Waals surface area contributed by atoms with Crippen LogP contribution in [0.4, 0.5) is 0 Å². The van der Waals surface area contributed by atoms with E-state index in [2.05, 4.69) is 10.8 Å². The summed E-state index contributed by atoms with van der Waals surface area (Å²) < 4.78 is 0. The largest absolute Gasteiger partial charge is 0.395 e. The molecule has 62 valence electrons. The molecule has 0 aliphatic carbocycles. The van der Waals surface area contributed by atoms with Crippen LogP contribution in [0.2, 0.25) is 0 Å². The predicted molar refractivity (Wildman–Crippen MR) is 38.7 cm³/mol. The minimum Gasteiger partial charge on any atom is -0.395 e. The van der Waals surface area contributed by atoms with Gasteiger partial charge in [0.2, 0.25) is 0 Å². The lowest BCUT2D eigenvalue weighted by atomic mass is 10.4. The smallest absolute Gasteiger partial charge is 0.0558 e. The van der Waals surface area contributed by atoms with Crippen molar-refractivity contribution in [3.05, 3.63) is 0 Å². The van der Waals surface area contributed by atoms with Gasteiger partial charge in [-0.1, -0.05) is 0 Å². The van der Waals surface area contributed by atoms with Gasteiger partial charge in [-0.2, -0.15) is 0 Å². The van der Waals surface area contributed by atoms with Gasteiger partial charge < -0.3 is 15.2 Å². The summed E-state index contributed by atoms with van der Waals surface area (Å²) in [5.41, 5.74) is 0. The standard InChI is InChI=1S/C6H13NO.H3NO/c8-6-5-7-3-1-2-4-7;1-2/h8H,1-6H2;2H,1H2. The normalized spacial score (nSPS) is 18.3. The van der Waals surface area contributed by atoms with Crippen molar-refractivity contribution >= 4 is 0 Å². The molecule has 1 rings (SSSR count). The Morgan fingerprint density at radius 2 is 1.70 bits per heavy atom. The number of nitrogens with zero attached hydrogens (tertiary/aromatic N) is 1. The van der Waals surface area contributed by atoms with Crippen LogP contribution in [0.1, 0.15) is 12.8 Å². The molecule has 1 heterocycles. The fourth-order valence-corrected chi connectivity index (χ4v) is 1.15. The van der Waals surface area contributed by atoms with Crippen molar-refractivity contribution in [1.29, 1.82) is 0 Å². The van der Waals surface area contributed by atoms with Crippen LogP contribution >= 0.6 is 0 Å². The van der Waals surface area contributed by atoms with Crippen LogP contribution in [0.25, 0.3) is 0 Å². The third-order valence-corrected chi connectivity index (χ3v) is 1.61. The molecule has 0 aromatic carbocycles. The molecule has 1 saturated heterocycles. The number of aliphatic hydroxyl groups excluding tert-OH is 1. The first kappa shape index (κ1) is 9.84. The van der Waals surface area contributed by atoms with Crippen molar-refractivity contribution in [2.75, 3.05) is 26.2 Å². The van der Waals surface area contributed by atoms with Gasteiger partial charge in [0.05, 0.1) is 6.61 Å². The van der Waals surface area contributed by atoms with E-state index in [4.69, 9.17) is 10.3 Å². The molecule has 4 nitrogen and oxygen atoms in total. The number of likely N-dealkylation sites (tertiary alicyclic amines) is 1. The average molecular weight is 148 g/mol. The lowest BCUT2D eigenvalue weighted by Gasteiger charge is -2.10. The summed E-state index contributed by atoms with van der Waals surface area (Å²) in [6.07, 6.45) is 2.64. The first-order valence-electron chi connectivity index (χ1n) is 3.52. The quantitative estimate of drug-likeness (QED) is 0.458. The van der Waals surface area contributed by atoms with Crippen molar-refractivity contribution in [1.82, 2.24) is 4.90 Å². The van der Waals surface area contributed by atoms with E-state index in [-0.39, 0.29) is 0 Å². The molecule has 0 spiro atoms. The van der Waals surface area contributed by atoms with Gasteiger partial charge in [0, 0.05) is 6.54 Å². The summed E-state index contributed by atoms with van der Waals surface area (Å²) in [5.74, 6) is 3.50. The molecule has 0 aromatic heterocycles. The number of rotatable bonds is 2. The third kappa shape index (κ3) is 3.79. The highest BCUT2D eigenvalue weighted by Crippen LogP contribution is 2.04. The first-order valence-corrected chi connectivity index (χ1v) is 3.52. The number of hydrogen-bond donors (Lipinski definition) is 3. The molecule has 1 aliphatic heterocycles. The lowest BCUT2D eigenvalue weighted by Crippen LogP contribution is -2.22. The Morgan fingerprint density at radius 1 is 1.20 bits per heavy atom. The first-order chi connectivity index (χ1) is 4.93. The topological polar surface area (TPSA) is 69.7 Å². The molecule has 1 fully saturated rings. The number of β-amino-alcohol motifs (C(OH)–C–C–N with tert-alkyl or cyclic N) is 1. The zero-order valence-electron chi connectivity index (χ0n) is 6.16. The molecule has 0 bridgehead atoms. The number of hydrogen-bond acceptors (Lipinski definition) is 4. The minimum atomic E-state index is 0.319. The van der Waals surface area contributed by atoms with Crippen molar-refractivity contribution in [2.45, 2.75) is 12.8 Å². The van der Waals surface area contributed by atoms with Gasteiger partial charge in [-0.3, -0.25) is 0 Å². The highest BCUT2D eigenvalue weighted by Gasteiger charge is 2.08. The Hall–Kier alpha value is -0.160. The van der Waals surface area contributed by atoms with E-state index in [0.717, 1.165) is 6.54 Å². The van der Waals surface area contributed by atoms with E-state index < -0.39 is 0 Å². The molecule has 0 saturated carbocycles. The SMILES string of the molecule is NO.OCCN1CCCC1. The van der Waals surface area contributed by atoms with Gasteiger partial charge in [-0.05, 0) is 25.9 Å². The Kier molecular flexibility index (Phi) is 6.84. The van der Waals surface area contributed by atoms with Gasteiger partial charge in [0.1, 0.15) is 0 Å². The highest BCUT2D eigenvalue weighted by molar-refractivity contribution is 4.64. The second-order valence-corrected chi connectivity index (χ2v) is 2.27. The maximum Gasteiger partial charge on any atom is 0.0558 e. The molecule has 0 unspecified atom stereocenters. The molecule has 1 aliphatic rings. The average Bonchev–Trinajstić information content (AvgIpc) is 2.46. The molecule has 10 heavy (non-hydrogen) atoms. The maximum atomic E-state index is 8.48. The van der Waals surface area contributed by atoms with Crippen LogP contribution in [-0.4, -0.2) is 41.5 Å². The summed E-state index contributed by atoms with van der Waals surface area (Å²) >= 11 is 0. The molecule has 0 amide bonds. The van der Waals surface area contributed by atoms with Crippen LogP contribution in [0.5, 0.6) is 0 Å². The number of nitrogens with two attached hydrogens (primary N) is 1. The van der Waals surface area contributed by atoms with Crippen molar-refractivity contribution in [3.63, 3.8) is 0 Å². The second-order valence-electron chi connectivity index (χ2n) is 2.27.